The summed E-state index contributed by atoms with van der Waals surface area (Å²) in [6, 6.07) is 3.78. The maximum absolute atomic E-state index is 14.7. The molecule has 2 atom stereocenters. The number of carbonyl (C=O) groups excluding carboxylic acids is 1. The number of rotatable bonds is 5. The van der Waals surface area contributed by atoms with Crippen molar-refractivity contribution in [1.82, 2.24) is 5.16 Å². The van der Waals surface area contributed by atoms with Gasteiger partial charge in [-0.15, -0.1) is 0 Å². The van der Waals surface area contributed by atoms with Crippen molar-refractivity contribution in [3.63, 3.8) is 0 Å². The minimum Gasteiger partial charge on any atom is -0.442 e. The second-order valence-electron chi connectivity index (χ2n) is 6.83. The van der Waals surface area contributed by atoms with Crippen LogP contribution in [0.2, 0.25) is 0 Å². The van der Waals surface area contributed by atoms with Crippen LogP contribution in [0.4, 0.5) is 25.1 Å². The molecule has 0 bridgehead atoms. The van der Waals surface area contributed by atoms with E-state index in [1.54, 1.807) is 6.07 Å². The van der Waals surface area contributed by atoms with Crippen LogP contribution < -0.4 is 10.2 Å². The average Bonchev–Trinajstić information content (AvgIpc) is 3.30. The number of allylic oxidation sites excluding steroid dienone is 1. The maximum Gasteiger partial charge on any atom is 0.414 e. The Hall–Kier alpha value is -2.95. The lowest BCUT2D eigenvalue weighted by molar-refractivity contribution is 0.147. The number of cyclic esters (lactones) is 1. The fourth-order valence-electron chi connectivity index (χ4n) is 3.31. The highest BCUT2D eigenvalue weighted by Crippen LogP contribution is 2.32. The Bertz CT molecular complexity index is 1050. The summed E-state index contributed by atoms with van der Waals surface area (Å²) in [5, 5.41) is 6.62. The molecule has 0 radical (unpaired) electrons. The topological polar surface area (TPSA) is 109 Å². The summed E-state index contributed by atoms with van der Waals surface area (Å²) in [5.41, 5.74) is 0.232. The van der Waals surface area contributed by atoms with Gasteiger partial charge in [-0.2, -0.15) is 0 Å². The standard InChI is InChI=1S/C18H18F2N4O4S/c19-14-7-12(8-15(20)17(14)11-2-5-29(21,26)6-3-11)24-10-13(28-18(24)25)9-22-16-1-4-27-23-16/h1-2,4,7-8,13,21H,3,5-6,9-10H2,(H,22,23)/t13-,29?/m0/s1. The number of aromatic nitrogens is 1. The van der Waals surface area contributed by atoms with E-state index < -0.39 is 33.6 Å². The fraction of sp³-hybridized carbons (Fsp3) is 0.333. The third-order valence-electron chi connectivity index (χ3n) is 4.78. The highest BCUT2D eigenvalue weighted by molar-refractivity contribution is 7.92. The quantitative estimate of drug-likeness (QED) is 0.763. The van der Waals surface area contributed by atoms with E-state index in [1.807, 2.05) is 0 Å². The lowest BCUT2D eigenvalue weighted by Crippen LogP contribution is -2.27. The Morgan fingerprint density at radius 2 is 2.10 bits per heavy atom. The Labute approximate surface area is 165 Å². The number of benzene rings is 1. The molecule has 0 aliphatic carbocycles. The molecule has 0 saturated carbocycles. The van der Waals surface area contributed by atoms with Gasteiger partial charge in [0.15, 0.2) is 5.82 Å². The second kappa shape index (κ2) is 7.47. The fourth-order valence-corrected chi connectivity index (χ4v) is 4.49. The van der Waals surface area contributed by atoms with Gasteiger partial charge in [-0.25, -0.2) is 17.8 Å². The summed E-state index contributed by atoms with van der Waals surface area (Å²) in [4.78, 5) is 13.3. The first-order chi connectivity index (χ1) is 13.8. The van der Waals surface area contributed by atoms with Gasteiger partial charge < -0.3 is 14.6 Å². The predicted octanol–water partition coefficient (Wildman–Crippen LogP) is 3.22. The molecule has 2 aliphatic rings. The van der Waals surface area contributed by atoms with Gasteiger partial charge in [-0.05, 0) is 24.1 Å². The molecule has 8 nitrogen and oxygen atoms in total. The average molecular weight is 424 g/mol. The highest BCUT2D eigenvalue weighted by Gasteiger charge is 2.33. The van der Waals surface area contributed by atoms with Crippen LogP contribution in [0.5, 0.6) is 0 Å². The number of anilines is 2. The lowest BCUT2D eigenvalue weighted by Gasteiger charge is -2.19. The number of nitrogens with one attached hydrogen (secondary N) is 2. The zero-order valence-electron chi connectivity index (χ0n) is 15.2. The van der Waals surface area contributed by atoms with Crippen molar-refractivity contribution in [2.75, 3.05) is 34.8 Å². The zero-order valence-corrected chi connectivity index (χ0v) is 16.0. The number of hydrogen-bond acceptors (Lipinski definition) is 7. The lowest BCUT2D eigenvalue weighted by atomic mass is 10.0. The molecule has 2 aromatic rings. The first-order valence-electron chi connectivity index (χ1n) is 8.87. The van der Waals surface area contributed by atoms with Crippen LogP contribution in [0.15, 0.2) is 35.1 Å². The van der Waals surface area contributed by atoms with Crippen molar-refractivity contribution in [1.29, 1.82) is 4.78 Å². The number of nitrogens with zero attached hydrogens (tertiary/aromatic N) is 2. The van der Waals surface area contributed by atoms with Crippen molar-refractivity contribution < 1.29 is 27.0 Å². The van der Waals surface area contributed by atoms with E-state index >= 15 is 0 Å². The third-order valence-corrected chi connectivity index (χ3v) is 6.35. The van der Waals surface area contributed by atoms with Gasteiger partial charge in [0.05, 0.1) is 24.5 Å². The van der Waals surface area contributed by atoms with E-state index in [2.05, 4.69) is 10.5 Å². The summed E-state index contributed by atoms with van der Waals surface area (Å²) in [6.45, 7) is 0.378. The normalized spacial score (nSPS) is 24.3. The van der Waals surface area contributed by atoms with Crippen LogP contribution in [0, 0.1) is 16.4 Å². The van der Waals surface area contributed by atoms with Crippen LogP contribution in [-0.2, 0) is 14.5 Å². The number of halogens is 2. The van der Waals surface area contributed by atoms with Crippen molar-refractivity contribution in [2.45, 2.75) is 12.5 Å². The van der Waals surface area contributed by atoms with Crippen LogP contribution in [0.1, 0.15) is 12.0 Å². The van der Waals surface area contributed by atoms with Crippen LogP contribution in [-0.4, -0.2) is 46.2 Å². The second-order valence-corrected chi connectivity index (χ2v) is 9.19. The SMILES string of the molecule is N=S1(=O)CC=C(c2c(F)cc(N3C[C@H](CNc4ccon4)OC3=O)cc2F)CC1. The van der Waals surface area contributed by atoms with Gasteiger partial charge in [0.25, 0.3) is 0 Å². The van der Waals surface area contributed by atoms with Gasteiger partial charge in [-0.3, -0.25) is 9.68 Å². The minimum absolute atomic E-state index is 0.0262. The molecule has 1 unspecified atom stereocenters. The van der Waals surface area contributed by atoms with E-state index in [-0.39, 0.29) is 42.3 Å². The molecule has 154 valence electrons. The number of carbonyl (C=O) groups is 1. The highest BCUT2D eigenvalue weighted by atomic mass is 32.2. The Morgan fingerprint density at radius 1 is 1.34 bits per heavy atom. The van der Waals surface area contributed by atoms with Crippen LogP contribution in [0.25, 0.3) is 5.57 Å². The molecule has 3 heterocycles. The summed E-state index contributed by atoms with van der Waals surface area (Å²) < 4.78 is 58.6. The van der Waals surface area contributed by atoms with Crippen LogP contribution in [0.3, 0.4) is 0 Å². The van der Waals surface area contributed by atoms with Crippen molar-refractivity contribution in [2.24, 2.45) is 0 Å². The molecule has 2 aliphatic heterocycles. The van der Waals surface area contributed by atoms with E-state index in [1.165, 1.54) is 12.3 Å². The molecule has 29 heavy (non-hydrogen) atoms. The molecule has 1 amide bonds. The monoisotopic (exact) mass is 424 g/mol. The summed E-state index contributed by atoms with van der Waals surface area (Å²) in [5.74, 6) is -1.11. The van der Waals surface area contributed by atoms with Gasteiger partial charge in [0, 0.05) is 27.1 Å². The van der Waals surface area contributed by atoms with E-state index in [0.29, 0.717) is 11.4 Å². The molecule has 2 N–H and O–H groups in total. The van der Waals surface area contributed by atoms with Gasteiger partial charge in [0.1, 0.15) is 24.0 Å². The summed E-state index contributed by atoms with van der Waals surface area (Å²) >= 11 is 0. The Kier molecular flexibility index (Phi) is 4.99. The van der Waals surface area contributed by atoms with Gasteiger partial charge >= 0.3 is 6.09 Å². The molecule has 1 aromatic carbocycles. The molecule has 4 rings (SSSR count). The molecular weight excluding hydrogens is 406 g/mol. The molecule has 0 spiro atoms. The molecular formula is C18H18F2N4O4S. The molecule has 1 fully saturated rings. The molecule has 1 aromatic heterocycles. The Morgan fingerprint density at radius 3 is 2.72 bits per heavy atom. The number of ether oxygens (including phenoxy) is 1. The maximum atomic E-state index is 14.7. The first-order valence-corrected chi connectivity index (χ1v) is 10.8. The van der Waals surface area contributed by atoms with Crippen molar-refractivity contribution in [3.8, 4) is 0 Å². The first kappa shape index (κ1) is 19.4. The van der Waals surface area contributed by atoms with Crippen molar-refractivity contribution >= 4 is 32.9 Å². The van der Waals surface area contributed by atoms with E-state index in [0.717, 1.165) is 17.0 Å². The summed E-state index contributed by atoms with van der Waals surface area (Å²) in [6.07, 6.45) is 1.78. The minimum atomic E-state index is -2.71. The largest absolute Gasteiger partial charge is 0.442 e. The summed E-state index contributed by atoms with van der Waals surface area (Å²) in [7, 11) is -2.71. The Balaban J connectivity index is 1.50. The predicted molar refractivity (Wildman–Crippen MR) is 102 cm³/mol. The molecule has 11 heteroatoms. The number of hydrogen-bond donors (Lipinski definition) is 2. The van der Waals surface area contributed by atoms with Crippen LogP contribution >= 0.6 is 0 Å². The van der Waals surface area contributed by atoms with E-state index in [4.69, 9.17) is 14.0 Å². The smallest absolute Gasteiger partial charge is 0.414 e. The van der Waals surface area contributed by atoms with Crippen molar-refractivity contribution in [3.05, 3.63) is 47.7 Å². The third kappa shape index (κ3) is 4.09. The van der Waals surface area contributed by atoms with E-state index in [9.17, 15) is 17.8 Å². The number of amides is 1. The van der Waals surface area contributed by atoms with Gasteiger partial charge in [0.2, 0.25) is 0 Å². The molecule has 1 saturated heterocycles. The zero-order chi connectivity index (χ0) is 20.6. The van der Waals surface area contributed by atoms with Gasteiger partial charge in [-0.1, -0.05) is 11.2 Å².